The average molecular weight is 593 g/mol. The van der Waals surface area contributed by atoms with Crippen LogP contribution in [0.25, 0.3) is 6.08 Å². The molecule has 0 radical (unpaired) electrons. The molecule has 0 fully saturated rings. The van der Waals surface area contributed by atoms with Gasteiger partial charge < -0.3 is 24.8 Å². The zero-order valence-electron chi connectivity index (χ0n) is 24.7. The molecule has 0 aliphatic carbocycles. The molecule has 0 spiro atoms. The Labute approximate surface area is 257 Å². The molecule has 2 amide bonds. The Balaban J connectivity index is 1.29. The van der Waals surface area contributed by atoms with E-state index in [0.29, 0.717) is 29.2 Å². The maximum absolute atomic E-state index is 13.5. The topological polar surface area (TPSA) is 105 Å². The average Bonchev–Trinajstić information content (AvgIpc) is 3.06. The zero-order valence-corrected chi connectivity index (χ0v) is 24.7. The van der Waals surface area contributed by atoms with E-state index in [1.165, 1.54) is 5.56 Å². The number of aryl methyl sites for hydroxylation is 1. The fourth-order valence-electron chi connectivity index (χ4n) is 4.60. The Morgan fingerprint density at radius 1 is 0.864 bits per heavy atom. The third-order valence-corrected chi connectivity index (χ3v) is 7.01. The zero-order chi connectivity index (χ0) is 31.3. The third-order valence-electron chi connectivity index (χ3n) is 7.01. The van der Waals surface area contributed by atoms with Gasteiger partial charge in [-0.15, -0.1) is 0 Å². The first kappa shape index (κ1) is 31.7. The Hall–Kier alpha value is -5.21. The van der Waals surface area contributed by atoms with Crippen molar-refractivity contribution in [1.29, 1.82) is 0 Å². The van der Waals surface area contributed by atoms with Crippen molar-refractivity contribution in [3.05, 3.63) is 131 Å². The number of nitrogens with one attached hydrogen (secondary N) is 1. The van der Waals surface area contributed by atoms with Crippen LogP contribution in [-0.4, -0.2) is 36.0 Å². The van der Waals surface area contributed by atoms with Crippen molar-refractivity contribution < 1.29 is 29.0 Å². The first-order chi connectivity index (χ1) is 21.4. The number of carbonyl (C=O) groups is 3. The maximum atomic E-state index is 13.5. The summed E-state index contributed by atoms with van der Waals surface area (Å²) in [4.78, 5) is 40.1. The van der Waals surface area contributed by atoms with Gasteiger partial charge in [-0.25, -0.2) is 4.79 Å². The van der Waals surface area contributed by atoms with Crippen molar-refractivity contribution >= 4 is 29.5 Å². The number of esters is 1. The lowest BCUT2D eigenvalue weighted by molar-refractivity contribution is -0.123. The predicted molar refractivity (Wildman–Crippen MR) is 170 cm³/mol. The number of ether oxygens (including phenoxy) is 2. The van der Waals surface area contributed by atoms with Gasteiger partial charge in [-0.05, 0) is 71.1 Å². The normalized spacial score (nSPS) is 10.5. The number of hydrogen-bond donors (Lipinski definition) is 2. The van der Waals surface area contributed by atoms with Crippen molar-refractivity contribution in [2.75, 3.05) is 18.1 Å². The van der Waals surface area contributed by atoms with Gasteiger partial charge in [0.1, 0.15) is 11.5 Å². The molecule has 0 saturated carbocycles. The third kappa shape index (κ3) is 8.65. The van der Waals surface area contributed by atoms with Gasteiger partial charge in [0, 0.05) is 13.0 Å². The summed E-state index contributed by atoms with van der Waals surface area (Å²) in [5.41, 5.74) is 4.88. The standard InChI is InChI=1S/C36H36N2O6/c1-3-27-9-5-6-11-30(27)23-38(33-12-8-7-10-28(33)4-2)35(41)21-22-37-34(40)25-43-31-19-15-29(16-20-31)36(42)44-32-17-13-26(24-39)14-18-32/h4-20,39H,2-3,21-25H2,1H3,(H,37,40). The van der Waals surface area contributed by atoms with Crippen LogP contribution in [0.2, 0.25) is 0 Å². The minimum absolute atomic E-state index is 0.0931. The molecule has 0 saturated heterocycles. The summed E-state index contributed by atoms with van der Waals surface area (Å²) < 4.78 is 10.9. The van der Waals surface area contributed by atoms with E-state index in [1.54, 1.807) is 59.5 Å². The molecule has 0 atom stereocenters. The number of aliphatic hydroxyl groups excluding tert-OH is 1. The van der Waals surface area contributed by atoms with Gasteiger partial charge in [0.05, 0.1) is 24.4 Å². The molecule has 0 bridgehead atoms. The number of anilines is 1. The molecule has 4 aromatic rings. The van der Waals surface area contributed by atoms with E-state index in [2.05, 4.69) is 24.9 Å². The minimum Gasteiger partial charge on any atom is -0.484 e. The summed E-state index contributed by atoms with van der Waals surface area (Å²) in [6, 6.07) is 28.5. The number of amides is 2. The van der Waals surface area contributed by atoms with Gasteiger partial charge in [-0.1, -0.05) is 74.2 Å². The predicted octanol–water partition coefficient (Wildman–Crippen LogP) is 5.72. The smallest absolute Gasteiger partial charge is 0.343 e. The molecule has 8 nitrogen and oxygen atoms in total. The molecule has 0 aromatic heterocycles. The van der Waals surface area contributed by atoms with Crippen LogP contribution < -0.4 is 19.7 Å². The van der Waals surface area contributed by atoms with E-state index in [1.807, 2.05) is 42.5 Å². The lowest BCUT2D eigenvalue weighted by Crippen LogP contribution is -2.36. The molecule has 0 heterocycles. The molecule has 8 heteroatoms. The SMILES string of the molecule is C=Cc1ccccc1N(Cc1ccccc1CC)C(=O)CCNC(=O)COc1ccc(C(=O)Oc2ccc(CO)cc2)cc1. The van der Waals surface area contributed by atoms with E-state index < -0.39 is 5.97 Å². The molecule has 4 aromatic carbocycles. The highest BCUT2D eigenvalue weighted by Gasteiger charge is 2.19. The lowest BCUT2D eigenvalue weighted by Gasteiger charge is -2.26. The number of nitrogens with zero attached hydrogens (tertiary/aromatic N) is 1. The Morgan fingerprint density at radius 2 is 1.52 bits per heavy atom. The van der Waals surface area contributed by atoms with Crippen LogP contribution in [0, 0.1) is 0 Å². The molecule has 0 aliphatic rings. The highest BCUT2D eigenvalue weighted by atomic mass is 16.5. The van der Waals surface area contributed by atoms with Crippen molar-refractivity contribution in [3.63, 3.8) is 0 Å². The molecular weight excluding hydrogens is 556 g/mol. The molecular formula is C36H36N2O6. The van der Waals surface area contributed by atoms with Crippen LogP contribution in [0.1, 0.15) is 46.0 Å². The van der Waals surface area contributed by atoms with E-state index in [4.69, 9.17) is 14.6 Å². The summed E-state index contributed by atoms with van der Waals surface area (Å²) in [7, 11) is 0. The summed E-state index contributed by atoms with van der Waals surface area (Å²) in [5.74, 6) is -0.276. The van der Waals surface area contributed by atoms with Crippen molar-refractivity contribution in [2.45, 2.75) is 32.9 Å². The molecule has 2 N–H and O–H groups in total. The van der Waals surface area contributed by atoms with E-state index in [0.717, 1.165) is 23.2 Å². The van der Waals surface area contributed by atoms with Crippen LogP contribution in [0.5, 0.6) is 11.5 Å². The first-order valence-electron chi connectivity index (χ1n) is 14.4. The second-order valence-corrected chi connectivity index (χ2v) is 9.97. The maximum Gasteiger partial charge on any atom is 0.343 e. The van der Waals surface area contributed by atoms with Crippen molar-refractivity contribution in [1.82, 2.24) is 5.32 Å². The molecule has 0 unspecified atom stereocenters. The summed E-state index contributed by atoms with van der Waals surface area (Å²) in [5, 5.41) is 11.9. The molecule has 44 heavy (non-hydrogen) atoms. The number of para-hydroxylation sites is 1. The van der Waals surface area contributed by atoms with Crippen LogP contribution in [0.15, 0.2) is 104 Å². The Kier molecular flexibility index (Phi) is 11.4. The van der Waals surface area contributed by atoms with Crippen LogP contribution in [0.4, 0.5) is 5.69 Å². The van der Waals surface area contributed by atoms with Crippen LogP contribution >= 0.6 is 0 Å². The van der Waals surface area contributed by atoms with Gasteiger partial charge in [-0.3, -0.25) is 9.59 Å². The number of rotatable bonds is 14. The van der Waals surface area contributed by atoms with Gasteiger partial charge in [-0.2, -0.15) is 0 Å². The fraction of sp³-hybridized carbons (Fsp3) is 0.194. The monoisotopic (exact) mass is 592 g/mol. The largest absolute Gasteiger partial charge is 0.484 e. The summed E-state index contributed by atoms with van der Waals surface area (Å²) in [6.07, 6.45) is 2.68. The lowest BCUT2D eigenvalue weighted by atomic mass is 10.0. The highest BCUT2D eigenvalue weighted by molar-refractivity contribution is 5.95. The fourth-order valence-corrected chi connectivity index (χ4v) is 4.60. The van der Waals surface area contributed by atoms with E-state index in [-0.39, 0.29) is 38.0 Å². The minimum atomic E-state index is -0.543. The second kappa shape index (κ2) is 15.9. The van der Waals surface area contributed by atoms with Gasteiger partial charge >= 0.3 is 5.97 Å². The van der Waals surface area contributed by atoms with E-state index in [9.17, 15) is 14.4 Å². The van der Waals surface area contributed by atoms with Crippen molar-refractivity contribution in [3.8, 4) is 11.5 Å². The van der Waals surface area contributed by atoms with Crippen LogP contribution in [0.3, 0.4) is 0 Å². The number of aliphatic hydroxyl groups is 1. The quantitative estimate of drug-likeness (QED) is 0.143. The number of benzene rings is 4. The number of hydrogen-bond acceptors (Lipinski definition) is 6. The molecule has 4 rings (SSSR count). The highest BCUT2D eigenvalue weighted by Crippen LogP contribution is 2.25. The molecule has 0 aliphatic heterocycles. The Morgan fingerprint density at radius 3 is 2.20 bits per heavy atom. The van der Waals surface area contributed by atoms with Gasteiger partial charge in [0.25, 0.3) is 5.91 Å². The number of carbonyl (C=O) groups excluding carboxylic acids is 3. The molecule has 226 valence electrons. The van der Waals surface area contributed by atoms with Gasteiger partial charge in [0.2, 0.25) is 5.91 Å². The second-order valence-electron chi connectivity index (χ2n) is 9.97. The van der Waals surface area contributed by atoms with E-state index >= 15 is 0 Å². The van der Waals surface area contributed by atoms with Crippen molar-refractivity contribution in [2.24, 2.45) is 0 Å². The first-order valence-corrected chi connectivity index (χ1v) is 14.4. The van der Waals surface area contributed by atoms with Gasteiger partial charge in [0.15, 0.2) is 6.61 Å². The summed E-state index contributed by atoms with van der Waals surface area (Å²) >= 11 is 0. The van der Waals surface area contributed by atoms with Crippen LogP contribution in [-0.2, 0) is 29.2 Å². The Bertz CT molecular complexity index is 1580. The summed E-state index contributed by atoms with van der Waals surface area (Å²) in [6.45, 7) is 6.20.